The molecule has 5 aromatic rings. The Bertz CT molecular complexity index is 1190. The maximum atomic E-state index is 4.71. The Morgan fingerprint density at radius 2 is 1.18 bits per heavy atom. The van der Waals surface area contributed by atoms with E-state index in [0.29, 0.717) is 9.89 Å². The number of aromatic nitrogens is 3. The third-order valence-electron chi connectivity index (χ3n) is 4.20. The molecule has 140 valence electrons. The summed E-state index contributed by atoms with van der Waals surface area (Å²) < 4.78 is 0.426. The zero-order chi connectivity index (χ0) is 18.6. The second-order valence-corrected chi connectivity index (χ2v) is 6.96. The molecule has 0 aliphatic heterocycles. The number of thiocarbonyl (C=S) groups is 1. The van der Waals surface area contributed by atoms with Crippen LogP contribution in [0.5, 0.6) is 0 Å². The van der Waals surface area contributed by atoms with Gasteiger partial charge in [-0.2, -0.15) is 0 Å². The standard InChI is InChI=1S/C16H10N2.C6H5NS2.Cu/c1-3-12-7-5-11-6-8-13-4-2-10-18-16(13)14(11)15(12)17-9-1;8-6(9)5-3-1-2-4-7-5;/h1-10H;1-4H,(H,8,9);/q;;+1/p-1. The van der Waals surface area contributed by atoms with Gasteiger partial charge in [0, 0.05) is 34.7 Å². The van der Waals surface area contributed by atoms with Crippen LogP contribution in [-0.2, 0) is 29.7 Å². The van der Waals surface area contributed by atoms with E-state index < -0.39 is 0 Å². The summed E-state index contributed by atoms with van der Waals surface area (Å²) in [5.41, 5.74) is 2.76. The zero-order valence-electron chi connectivity index (χ0n) is 14.5. The monoisotopic (exact) mass is 447 g/mol. The van der Waals surface area contributed by atoms with Gasteiger partial charge in [0.05, 0.1) is 16.7 Å². The van der Waals surface area contributed by atoms with Gasteiger partial charge in [-0.15, -0.1) is 4.20 Å². The maximum absolute atomic E-state index is 4.71. The first-order chi connectivity index (χ1) is 13.2. The molecule has 0 saturated carbocycles. The van der Waals surface area contributed by atoms with Crippen molar-refractivity contribution < 1.29 is 17.1 Å². The molecule has 2 aromatic carbocycles. The van der Waals surface area contributed by atoms with Gasteiger partial charge in [0.2, 0.25) is 0 Å². The zero-order valence-corrected chi connectivity index (χ0v) is 17.1. The van der Waals surface area contributed by atoms with Crippen molar-refractivity contribution in [1.82, 2.24) is 15.0 Å². The van der Waals surface area contributed by atoms with E-state index in [0.717, 1.165) is 27.2 Å². The van der Waals surface area contributed by atoms with E-state index in [1.165, 1.54) is 5.39 Å². The number of nitrogens with zero attached hydrogens (tertiary/aromatic N) is 3. The fourth-order valence-corrected chi connectivity index (χ4v) is 3.21. The van der Waals surface area contributed by atoms with Gasteiger partial charge < -0.3 is 24.8 Å². The quantitative estimate of drug-likeness (QED) is 0.152. The van der Waals surface area contributed by atoms with Gasteiger partial charge in [-0.1, -0.05) is 42.5 Å². The molecule has 0 fully saturated rings. The third-order valence-corrected chi connectivity index (χ3v) is 4.62. The van der Waals surface area contributed by atoms with Crippen LogP contribution < -0.4 is 0 Å². The van der Waals surface area contributed by atoms with Crippen LogP contribution in [0.25, 0.3) is 32.6 Å². The number of hydrogen-bond donors (Lipinski definition) is 0. The summed E-state index contributed by atoms with van der Waals surface area (Å²) in [4.78, 5) is 13.0. The minimum atomic E-state index is 0. The molecule has 0 aliphatic rings. The molecule has 5 rings (SSSR count). The minimum Gasteiger partial charge on any atom is -0.427 e. The smallest absolute Gasteiger partial charge is 0.427 e. The van der Waals surface area contributed by atoms with E-state index in [9.17, 15) is 0 Å². The molecule has 0 amide bonds. The van der Waals surface area contributed by atoms with Crippen molar-refractivity contribution in [1.29, 1.82) is 0 Å². The van der Waals surface area contributed by atoms with Crippen LogP contribution in [0.1, 0.15) is 5.69 Å². The van der Waals surface area contributed by atoms with E-state index in [4.69, 9.17) is 24.8 Å². The number of rotatable bonds is 1. The normalized spacial score (nSPS) is 10.1. The SMILES string of the molecule is S=C([S-])c1ccccn1.[Cu+].c1cnc2c(c1)ccc1ccc3cccnc3c12. The van der Waals surface area contributed by atoms with E-state index >= 15 is 0 Å². The Balaban J connectivity index is 0.000000193. The molecule has 6 heteroatoms. The second kappa shape index (κ2) is 9.13. The van der Waals surface area contributed by atoms with Crippen molar-refractivity contribution in [3.8, 4) is 0 Å². The average molecular weight is 448 g/mol. The summed E-state index contributed by atoms with van der Waals surface area (Å²) in [6, 6.07) is 22.1. The van der Waals surface area contributed by atoms with Crippen LogP contribution in [0.4, 0.5) is 0 Å². The first kappa shape index (κ1) is 20.2. The topological polar surface area (TPSA) is 38.7 Å². The van der Waals surface area contributed by atoms with Crippen LogP contribution in [0.2, 0.25) is 0 Å². The Labute approximate surface area is 184 Å². The van der Waals surface area contributed by atoms with Crippen molar-refractivity contribution >= 4 is 61.6 Å². The minimum absolute atomic E-state index is 0. The van der Waals surface area contributed by atoms with Crippen molar-refractivity contribution in [2.45, 2.75) is 0 Å². The summed E-state index contributed by atoms with van der Waals surface area (Å²) in [7, 11) is 0. The molecule has 0 spiro atoms. The molecule has 0 bridgehead atoms. The van der Waals surface area contributed by atoms with Gasteiger partial charge in [0.1, 0.15) is 0 Å². The van der Waals surface area contributed by atoms with Crippen LogP contribution in [-0.4, -0.2) is 19.1 Å². The van der Waals surface area contributed by atoms with Crippen molar-refractivity contribution in [3.05, 3.63) is 91.0 Å². The summed E-state index contributed by atoms with van der Waals surface area (Å²) >= 11 is 9.43. The molecule has 3 heterocycles. The summed E-state index contributed by atoms with van der Waals surface area (Å²) in [5.74, 6) is 0. The largest absolute Gasteiger partial charge is 1.00 e. The molecule has 0 aliphatic carbocycles. The van der Waals surface area contributed by atoms with Gasteiger partial charge in [-0.3, -0.25) is 15.0 Å². The summed E-state index contributed by atoms with van der Waals surface area (Å²) in [6.07, 6.45) is 5.35. The van der Waals surface area contributed by atoms with Gasteiger partial charge >= 0.3 is 17.1 Å². The Kier molecular flexibility index (Phi) is 6.60. The van der Waals surface area contributed by atoms with Gasteiger partial charge in [-0.25, -0.2) is 0 Å². The molecule has 0 unspecified atom stereocenters. The van der Waals surface area contributed by atoms with Crippen molar-refractivity contribution in [2.75, 3.05) is 0 Å². The Hall–Kier alpha value is -2.50. The molecule has 28 heavy (non-hydrogen) atoms. The average Bonchev–Trinajstić information content (AvgIpc) is 2.74. The van der Waals surface area contributed by atoms with Crippen molar-refractivity contribution in [2.24, 2.45) is 0 Å². The van der Waals surface area contributed by atoms with Crippen LogP contribution in [0.15, 0.2) is 85.3 Å². The molecule has 0 saturated heterocycles. The molecule has 3 aromatic heterocycles. The Morgan fingerprint density at radius 1 is 0.643 bits per heavy atom. The first-order valence-corrected chi connectivity index (χ1v) is 9.19. The third kappa shape index (κ3) is 4.16. The maximum Gasteiger partial charge on any atom is 1.00 e. The van der Waals surface area contributed by atoms with E-state index in [1.807, 2.05) is 36.7 Å². The summed E-state index contributed by atoms with van der Waals surface area (Å²) in [6.45, 7) is 0. The van der Waals surface area contributed by atoms with Crippen LogP contribution in [0, 0.1) is 0 Å². The van der Waals surface area contributed by atoms with E-state index in [2.05, 4.69) is 51.4 Å². The first-order valence-electron chi connectivity index (χ1n) is 8.37. The summed E-state index contributed by atoms with van der Waals surface area (Å²) in [5, 5.41) is 4.64. The van der Waals surface area contributed by atoms with Crippen LogP contribution >= 0.6 is 12.2 Å². The molecular formula is C22H14CuN3S2. The fourth-order valence-electron chi connectivity index (χ4n) is 2.97. The molecule has 0 atom stereocenters. The predicted octanol–water partition coefficient (Wildman–Crippen LogP) is 5.24. The molecular weight excluding hydrogens is 434 g/mol. The second-order valence-electron chi connectivity index (χ2n) is 5.88. The molecule has 0 N–H and O–H groups in total. The van der Waals surface area contributed by atoms with E-state index in [1.54, 1.807) is 12.3 Å². The van der Waals surface area contributed by atoms with E-state index in [-0.39, 0.29) is 17.1 Å². The molecule has 3 nitrogen and oxygen atoms in total. The van der Waals surface area contributed by atoms with Gasteiger partial charge in [-0.05, 0) is 29.7 Å². The van der Waals surface area contributed by atoms with Crippen LogP contribution in [0.3, 0.4) is 0 Å². The Morgan fingerprint density at radius 3 is 1.64 bits per heavy atom. The predicted molar refractivity (Wildman–Crippen MR) is 118 cm³/mol. The fraction of sp³-hybridized carbons (Fsp3) is 0. The van der Waals surface area contributed by atoms with Crippen molar-refractivity contribution in [3.63, 3.8) is 0 Å². The van der Waals surface area contributed by atoms with Gasteiger partial charge in [0.15, 0.2) is 0 Å². The number of benzene rings is 2. The van der Waals surface area contributed by atoms with Gasteiger partial charge in [0.25, 0.3) is 0 Å². The molecule has 0 radical (unpaired) electrons. The number of pyridine rings is 3. The number of hydrogen-bond acceptors (Lipinski definition) is 5. The number of fused-ring (bicyclic) bond motifs is 5.